The van der Waals surface area contributed by atoms with Crippen molar-refractivity contribution in [2.45, 2.75) is 30.0 Å². The minimum Gasteiger partial charge on any atom is -0.507 e. The number of fused-ring (bicyclic) bond motifs is 3. The Balaban J connectivity index is 1.70. The molecule has 228 valence electrons. The van der Waals surface area contributed by atoms with Gasteiger partial charge in [0.15, 0.2) is 34.5 Å². The summed E-state index contributed by atoms with van der Waals surface area (Å²) in [6.45, 7) is -0.210. The second kappa shape index (κ2) is 10.1. The third-order valence-electron chi connectivity index (χ3n) is 9.14. The van der Waals surface area contributed by atoms with Crippen LogP contribution in [0.25, 0.3) is 11.1 Å². The third kappa shape index (κ3) is 3.94. The molecule has 2 saturated carbocycles. The van der Waals surface area contributed by atoms with E-state index < -0.39 is 81.5 Å². The minimum atomic E-state index is -2.81. The van der Waals surface area contributed by atoms with Crippen LogP contribution in [0.3, 0.4) is 0 Å². The van der Waals surface area contributed by atoms with Gasteiger partial charge in [-0.15, -0.1) is 0 Å². The molecular weight excluding hydrogens is 570 g/mol. The molecule has 44 heavy (non-hydrogen) atoms. The molecule has 2 amide bonds. The van der Waals surface area contributed by atoms with E-state index in [1.54, 1.807) is 36.4 Å². The van der Waals surface area contributed by atoms with Crippen molar-refractivity contribution in [1.82, 2.24) is 4.90 Å². The van der Waals surface area contributed by atoms with Gasteiger partial charge in [-0.25, -0.2) is 0 Å². The average molecular weight is 602 g/mol. The summed E-state index contributed by atoms with van der Waals surface area (Å²) in [6.07, 6.45) is -0.720. The van der Waals surface area contributed by atoms with Crippen molar-refractivity contribution in [2.24, 2.45) is 40.2 Å². The standard InChI is InChI=1S/C30H31N7O7/c1-37(2)24-23(41)20(27(33)44)25(42)29(12-32)26(43)21-22(40)19-16(9-28(21,34)11-30(24,29)35)15(7-8-17(19)38)13-3-5-14(6-4-13)36-18(39)10-31/h3-8,20-21,24,38H,9-11,31,34-35H2,1-2H3,(H2,33,44)(H,36,39)/t20?,21?,24-,28-,29+,30-/m1/s1. The topological polar surface area (TPSA) is 266 Å². The van der Waals surface area contributed by atoms with Crippen LogP contribution in [0.4, 0.5) is 5.69 Å². The molecule has 0 radical (unpaired) electrons. The maximum atomic E-state index is 14.4. The average Bonchev–Trinajstić information content (AvgIpc) is 2.92. The van der Waals surface area contributed by atoms with Crippen molar-refractivity contribution in [1.29, 1.82) is 5.26 Å². The summed E-state index contributed by atoms with van der Waals surface area (Å²) in [4.78, 5) is 81.2. The summed E-state index contributed by atoms with van der Waals surface area (Å²) >= 11 is 0. The number of primary amides is 1. The van der Waals surface area contributed by atoms with Gasteiger partial charge < -0.3 is 33.4 Å². The quantitative estimate of drug-likeness (QED) is 0.211. The lowest BCUT2D eigenvalue weighted by molar-refractivity contribution is -0.166. The maximum absolute atomic E-state index is 14.4. The molecule has 0 heterocycles. The van der Waals surface area contributed by atoms with E-state index in [1.165, 1.54) is 25.1 Å². The number of anilines is 1. The third-order valence-corrected chi connectivity index (χ3v) is 9.14. The van der Waals surface area contributed by atoms with E-state index in [4.69, 9.17) is 22.9 Å². The Morgan fingerprint density at radius 3 is 2.25 bits per heavy atom. The van der Waals surface area contributed by atoms with Crippen LogP contribution in [-0.4, -0.2) is 82.7 Å². The van der Waals surface area contributed by atoms with E-state index in [2.05, 4.69) is 5.32 Å². The van der Waals surface area contributed by atoms with Gasteiger partial charge in [0.25, 0.3) is 0 Å². The number of amides is 2. The zero-order chi connectivity index (χ0) is 32.5. The van der Waals surface area contributed by atoms with Gasteiger partial charge >= 0.3 is 0 Å². The molecule has 14 nitrogen and oxygen atoms in total. The predicted molar refractivity (Wildman–Crippen MR) is 154 cm³/mol. The number of hydrogen-bond acceptors (Lipinski definition) is 12. The van der Waals surface area contributed by atoms with Crippen LogP contribution >= 0.6 is 0 Å². The molecule has 2 aromatic rings. The summed E-state index contributed by atoms with van der Waals surface area (Å²) in [6, 6.07) is 9.59. The molecular formula is C30H31N7O7. The Labute approximate surface area is 251 Å². The van der Waals surface area contributed by atoms with Gasteiger partial charge in [-0.05, 0) is 61.8 Å². The van der Waals surface area contributed by atoms with Crippen molar-refractivity contribution in [3.63, 3.8) is 0 Å². The lowest BCUT2D eigenvalue weighted by Crippen LogP contribution is -2.85. The molecule has 3 aliphatic rings. The number of hydrogen-bond donors (Lipinski definition) is 6. The predicted octanol–water partition coefficient (Wildman–Crippen LogP) is -1.63. The van der Waals surface area contributed by atoms with Gasteiger partial charge in [-0.3, -0.25) is 33.7 Å². The van der Waals surface area contributed by atoms with Crippen LogP contribution in [0.15, 0.2) is 36.4 Å². The molecule has 0 aromatic heterocycles. The summed E-state index contributed by atoms with van der Waals surface area (Å²) in [5.41, 5.74) is 19.2. The number of Topliss-reactive ketones (excluding diaryl/α,β-unsaturated/α-hetero) is 4. The second-order valence-corrected chi connectivity index (χ2v) is 11.9. The molecule has 0 bridgehead atoms. The highest BCUT2D eigenvalue weighted by Gasteiger charge is 2.78. The van der Waals surface area contributed by atoms with E-state index in [9.17, 15) is 39.1 Å². The molecule has 5 rings (SSSR count). The lowest BCUT2D eigenvalue weighted by Gasteiger charge is -2.60. The Morgan fingerprint density at radius 1 is 1.07 bits per heavy atom. The zero-order valence-electron chi connectivity index (χ0n) is 23.9. The highest BCUT2D eigenvalue weighted by Crippen LogP contribution is 2.57. The number of benzene rings is 2. The zero-order valence-corrected chi connectivity index (χ0v) is 23.9. The fourth-order valence-corrected chi connectivity index (χ4v) is 7.42. The van der Waals surface area contributed by atoms with Crippen LogP contribution in [0, 0.1) is 28.6 Å². The number of carbonyl (C=O) groups is 6. The van der Waals surface area contributed by atoms with Crippen LogP contribution in [0.2, 0.25) is 0 Å². The van der Waals surface area contributed by atoms with Gasteiger partial charge in [0, 0.05) is 11.2 Å². The number of phenolic OH excluding ortho intramolecular Hbond substituents is 1. The largest absolute Gasteiger partial charge is 0.507 e. The molecule has 10 N–H and O–H groups in total. The number of aromatic hydroxyl groups is 1. The van der Waals surface area contributed by atoms with Gasteiger partial charge in [0.1, 0.15) is 11.7 Å². The highest BCUT2D eigenvalue weighted by molar-refractivity contribution is 6.33. The second-order valence-electron chi connectivity index (χ2n) is 11.9. The van der Waals surface area contributed by atoms with Crippen molar-refractivity contribution in [2.75, 3.05) is 26.0 Å². The molecule has 0 aliphatic heterocycles. The fourth-order valence-electron chi connectivity index (χ4n) is 7.42. The lowest BCUT2D eigenvalue weighted by atomic mass is 9.42. The Morgan fingerprint density at radius 2 is 1.70 bits per heavy atom. The van der Waals surface area contributed by atoms with Crippen molar-refractivity contribution >= 4 is 40.6 Å². The van der Waals surface area contributed by atoms with Crippen LogP contribution < -0.4 is 28.3 Å². The number of ketones is 4. The van der Waals surface area contributed by atoms with E-state index in [0.717, 1.165) is 0 Å². The Bertz CT molecular complexity index is 1720. The van der Waals surface area contributed by atoms with Crippen LogP contribution in [0.1, 0.15) is 22.3 Å². The first kappa shape index (κ1) is 30.6. The normalized spacial score (nSPS) is 31.1. The molecule has 0 saturated heterocycles. The summed E-state index contributed by atoms with van der Waals surface area (Å²) in [7, 11) is 2.87. The molecule has 6 atom stereocenters. The van der Waals surface area contributed by atoms with Gasteiger partial charge in [-0.1, -0.05) is 18.2 Å². The van der Waals surface area contributed by atoms with Gasteiger partial charge in [-0.2, -0.15) is 5.26 Å². The summed E-state index contributed by atoms with van der Waals surface area (Å²) in [5, 5.41) is 23.9. The molecule has 2 fully saturated rings. The fraction of sp³-hybridized carbons (Fsp3) is 0.367. The number of phenols is 1. The molecule has 0 spiro atoms. The van der Waals surface area contributed by atoms with Crippen molar-refractivity contribution in [3.05, 3.63) is 47.5 Å². The number of nitrogens with two attached hydrogens (primary N) is 4. The van der Waals surface area contributed by atoms with E-state index in [1.807, 2.05) is 0 Å². The first-order chi connectivity index (χ1) is 20.6. The Hall–Kier alpha value is -4.81. The van der Waals surface area contributed by atoms with Gasteiger partial charge in [0.2, 0.25) is 11.8 Å². The SMILES string of the molecule is CN(C)[C@@H]1C(=O)C(C(N)=O)C(=O)[C@@]2(C#N)C(=O)C3C(=O)c4c(O)ccc(-c5ccc(NC(=O)CN)cc5)c4C[C@@]3(N)C[C@@]12N. The van der Waals surface area contributed by atoms with E-state index in [0.29, 0.717) is 22.4 Å². The van der Waals surface area contributed by atoms with Crippen LogP contribution in [-0.2, 0) is 30.4 Å². The first-order valence-electron chi connectivity index (χ1n) is 13.7. The van der Waals surface area contributed by atoms with Gasteiger partial charge in [0.05, 0.1) is 29.8 Å². The highest BCUT2D eigenvalue weighted by atomic mass is 16.3. The number of nitrogens with zero attached hydrogens (tertiary/aromatic N) is 2. The number of nitriles is 1. The Kier molecular flexibility index (Phi) is 7.06. The monoisotopic (exact) mass is 601 g/mol. The smallest absolute Gasteiger partial charge is 0.238 e. The molecule has 3 aliphatic carbocycles. The maximum Gasteiger partial charge on any atom is 0.238 e. The number of nitrogens with one attached hydrogen (secondary N) is 1. The number of carbonyl (C=O) groups excluding carboxylic acids is 6. The number of rotatable bonds is 5. The van der Waals surface area contributed by atoms with Crippen molar-refractivity contribution < 1.29 is 33.9 Å². The summed E-state index contributed by atoms with van der Waals surface area (Å²) in [5.74, 6) is -10.7. The molecule has 2 aromatic carbocycles. The summed E-state index contributed by atoms with van der Waals surface area (Å²) < 4.78 is 0. The first-order valence-corrected chi connectivity index (χ1v) is 13.7. The van der Waals surface area contributed by atoms with Crippen molar-refractivity contribution in [3.8, 4) is 22.9 Å². The number of likely N-dealkylation sites (N-methyl/N-ethyl adjacent to an activating group) is 1. The molecule has 2 unspecified atom stereocenters. The van der Waals surface area contributed by atoms with E-state index >= 15 is 0 Å². The van der Waals surface area contributed by atoms with E-state index in [-0.39, 0.29) is 18.5 Å². The molecule has 14 heteroatoms. The minimum absolute atomic E-state index is 0.206. The van der Waals surface area contributed by atoms with Crippen LogP contribution in [0.5, 0.6) is 5.75 Å².